The van der Waals surface area contributed by atoms with Crippen LogP contribution in [-0.4, -0.2) is 104 Å². The minimum Gasteiger partial charge on any atom is -0.388 e. The van der Waals surface area contributed by atoms with Gasteiger partial charge in [-0.1, -0.05) is 58.0 Å². The lowest BCUT2D eigenvalue weighted by Crippen LogP contribution is -2.34. The number of fused-ring (bicyclic) bond motifs is 4. The highest BCUT2D eigenvalue weighted by Crippen LogP contribution is 2.39. The summed E-state index contributed by atoms with van der Waals surface area (Å²) >= 11 is 32.1. The third kappa shape index (κ3) is 23.5. The topological polar surface area (TPSA) is 437 Å². The van der Waals surface area contributed by atoms with E-state index in [-0.39, 0.29) is 68.3 Å². The van der Waals surface area contributed by atoms with Crippen molar-refractivity contribution in [2.75, 3.05) is 70.7 Å². The van der Waals surface area contributed by atoms with Gasteiger partial charge in [0, 0.05) is 120 Å². The molecule has 52 heteroatoms. The molecule has 138 heavy (non-hydrogen) atoms. The van der Waals surface area contributed by atoms with E-state index >= 15 is 4.39 Å². The zero-order valence-corrected chi connectivity index (χ0v) is 80.8. The Kier molecular flexibility index (Phi) is 30.8. The van der Waals surface area contributed by atoms with Crippen molar-refractivity contribution in [2.45, 2.75) is 29.9 Å². The van der Waals surface area contributed by atoms with Crippen LogP contribution >= 0.6 is 103 Å². The Hall–Kier alpha value is -13.6. The van der Waals surface area contributed by atoms with Crippen LogP contribution < -0.4 is 83.7 Å². The number of nitrogens with zero attached hydrogens (tertiary/aromatic N) is 4. The lowest BCUT2D eigenvalue weighted by Gasteiger charge is -2.18. The number of rotatable bonds is 20. The number of hydrogen-bond acceptors (Lipinski definition) is 24. The Labute approximate surface area is 816 Å². The molecule has 8 aromatic carbocycles. The standard InChI is InChI=1S/C22H15ClF4N4O4S2.C22H19ClN4O4S2.C21H15Cl2FN4O4S2.C21H15ClF2N4O4S2/c1-28-12-2-3-14-11(8-12)6-7-31(20(14)32)19-15(22(25,26)27)9-13(10-16(19)24)29-21(33)30-37(34,35)18-5-4-17(23)36-18;1-13-11-16(25-22(29)26-33(30,31)20-8-7-19(23)32-20)4-6-18(13)27-10-9-14-12-15(24-2)3-5-17(14)21(27)28;1-25-12-2-3-14-11(8-12)6-7-28(20(14)29)19-15(22)9-13(10-16(19)24)26-21(30)27-34(31,32)18-5-4-17(23)33-18;1-25-12-2-3-14-11(8-12)6-7-28(20(14)29)19-15(23)9-13(10-16(19)24)26-21(30)27-34(31,32)18-5-4-17(22)33-18/h2-10,28H,1H3,(H2,29,30,33);3-12,24H,1-2H3,(H2,25,26,29);2*2-10,25H,1H3,(H2,26,27,30). The second-order valence-corrected chi connectivity index (χ2v) is 43.5. The fraction of sp³-hybridized carbons (Fsp3) is 0.0698. The van der Waals surface area contributed by atoms with Crippen molar-refractivity contribution in [1.82, 2.24) is 37.2 Å². The van der Waals surface area contributed by atoms with Crippen molar-refractivity contribution in [3.05, 3.63) is 323 Å². The average Bonchev–Trinajstić information content (AvgIpc) is 0.800. The second-order valence-electron chi connectivity index (χ2n) is 28.6. The van der Waals surface area contributed by atoms with E-state index in [9.17, 15) is 98.4 Å². The summed E-state index contributed by atoms with van der Waals surface area (Å²) in [6.45, 7) is 1.80. The lowest BCUT2D eigenvalue weighted by molar-refractivity contribution is -0.137. The van der Waals surface area contributed by atoms with Gasteiger partial charge in [0.1, 0.15) is 34.0 Å². The Morgan fingerprint density at radius 2 is 0.580 bits per heavy atom. The van der Waals surface area contributed by atoms with Crippen molar-refractivity contribution in [1.29, 1.82) is 0 Å². The van der Waals surface area contributed by atoms with Crippen molar-refractivity contribution >= 4 is 256 Å². The number of aromatic nitrogens is 4. The predicted molar refractivity (Wildman–Crippen MR) is 526 cm³/mol. The molecule has 32 nitrogen and oxygen atoms in total. The average molecular weight is 2140 g/mol. The van der Waals surface area contributed by atoms with Crippen LogP contribution in [0.5, 0.6) is 0 Å². The second kappa shape index (κ2) is 41.8. The molecule has 0 unspecified atom stereocenters. The number of carbonyl (C=O) groups excluding carboxylic acids is 4. The summed E-state index contributed by atoms with van der Waals surface area (Å²) < 4.78 is 211. The van der Waals surface area contributed by atoms with Gasteiger partial charge in [0.2, 0.25) is 0 Å². The minimum absolute atomic E-state index is 0.0505. The molecule has 8 aromatic heterocycles. The summed E-state index contributed by atoms with van der Waals surface area (Å²) in [5.41, 5.74) is -1.98. The maximum atomic E-state index is 15.1. The molecule has 8 amide bonds. The summed E-state index contributed by atoms with van der Waals surface area (Å²) in [6.07, 6.45) is 0.201. The molecule has 0 spiro atoms. The van der Waals surface area contributed by atoms with E-state index in [0.717, 1.165) is 96.1 Å². The lowest BCUT2D eigenvalue weighted by atomic mass is 10.1. The molecule has 0 aliphatic carbocycles. The number of pyridine rings is 4. The first kappa shape index (κ1) is 102. The highest BCUT2D eigenvalue weighted by Gasteiger charge is 2.38. The van der Waals surface area contributed by atoms with Gasteiger partial charge in [-0.25, -0.2) is 89.3 Å². The maximum Gasteiger partial charge on any atom is 0.418 e. The fourth-order valence-electron chi connectivity index (χ4n) is 13.3. The van der Waals surface area contributed by atoms with Gasteiger partial charge in [-0.3, -0.25) is 37.4 Å². The van der Waals surface area contributed by atoms with Crippen molar-refractivity contribution in [3.8, 4) is 22.7 Å². The third-order valence-electron chi connectivity index (χ3n) is 19.5. The van der Waals surface area contributed by atoms with Crippen molar-refractivity contribution in [3.63, 3.8) is 0 Å². The quantitative estimate of drug-likeness (QED) is 0.0315. The van der Waals surface area contributed by atoms with E-state index in [0.29, 0.717) is 81.9 Å². The molecule has 0 saturated carbocycles. The van der Waals surface area contributed by atoms with Gasteiger partial charge in [-0.15, -0.1) is 45.3 Å². The van der Waals surface area contributed by atoms with Crippen LogP contribution in [0.25, 0.3) is 65.8 Å². The number of alkyl halides is 3. The number of carbonyl (C=O) groups is 4. The largest absolute Gasteiger partial charge is 0.418 e. The monoisotopic (exact) mass is 2140 g/mol. The van der Waals surface area contributed by atoms with Gasteiger partial charge < -0.3 is 42.5 Å². The predicted octanol–water partition coefficient (Wildman–Crippen LogP) is 19.6. The highest BCUT2D eigenvalue weighted by molar-refractivity contribution is 7.93. The number of amides is 8. The first-order valence-electron chi connectivity index (χ1n) is 38.9. The van der Waals surface area contributed by atoms with Crippen LogP contribution in [0.2, 0.25) is 22.4 Å². The summed E-state index contributed by atoms with van der Waals surface area (Å²) in [7, 11) is -9.87. The zero-order chi connectivity index (χ0) is 100. The molecular formula is C86H64Cl5F7N16O16S8. The van der Waals surface area contributed by atoms with Crippen LogP contribution in [0.3, 0.4) is 0 Å². The molecule has 0 aliphatic rings. The third-order valence-corrected chi connectivity index (χ3v) is 32.0. The molecule has 16 rings (SSSR count). The molecule has 16 aromatic rings. The number of halogens is 12. The Balaban J connectivity index is 0.000000155. The van der Waals surface area contributed by atoms with Gasteiger partial charge in [-0.05, 0) is 234 Å². The molecule has 0 fully saturated rings. The van der Waals surface area contributed by atoms with Crippen LogP contribution in [0.4, 0.5) is 95.4 Å². The van der Waals surface area contributed by atoms with E-state index < -0.39 is 133 Å². The van der Waals surface area contributed by atoms with Crippen molar-refractivity contribution in [2.24, 2.45) is 0 Å². The molecule has 0 atom stereocenters. The van der Waals surface area contributed by atoms with Crippen LogP contribution in [0, 0.1) is 30.2 Å². The normalized spacial score (nSPS) is 11.5. The van der Waals surface area contributed by atoms with E-state index in [4.69, 9.17) is 58.0 Å². The van der Waals surface area contributed by atoms with Crippen LogP contribution in [0.1, 0.15) is 11.1 Å². The molecule has 8 heterocycles. The number of benzene rings is 8. The molecule has 0 saturated heterocycles. The van der Waals surface area contributed by atoms with E-state index in [1.54, 1.807) is 121 Å². The Morgan fingerprint density at radius 3 is 0.877 bits per heavy atom. The number of hydrogen-bond donors (Lipinski definition) is 12. The van der Waals surface area contributed by atoms with Gasteiger partial charge in [-0.2, -0.15) is 13.2 Å². The zero-order valence-electron chi connectivity index (χ0n) is 70.5. The van der Waals surface area contributed by atoms with E-state index in [1.807, 2.05) is 35.3 Å². The van der Waals surface area contributed by atoms with Gasteiger partial charge in [0.05, 0.1) is 39.3 Å². The van der Waals surface area contributed by atoms with Crippen LogP contribution in [0.15, 0.2) is 261 Å². The SMILES string of the molecule is CNc1ccc2c(=O)n(-c3c(F)cc(NC(=O)NS(=O)(=O)c4ccc(Cl)s4)cc3C(F)(F)F)ccc2c1.CNc1ccc2c(=O)n(-c3c(F)cc(NC(=O)NS(=O)(=O)c4ccc(Cl)s4)cc3Cl)ccc2c1.CNc1ccc2c(=O)n(-c3c(F)cc(NC(=O)NS(=O)(=O)c4ccc(Cl)s4)cc3F)ccc2c1.CNc1ccc2c(=O)n(-c3ccc(NC(=O)NS(=O)(=O)c4ccc(Cl)s4)cc3C)ccc2c1. The maximum absolute atomic E-state index is 15.1. The molecule has 0 aliphatic heterocycles. The Morgan fingerprint density at radius 1 is 0.312 bits per heavy atom. The van der Waals surface area contributed by atoms with Gasteiger partial charge in [0.25, 0.3) is 62.3 Å². The smallest absolute Gasteiger partial charge is 0.388 e. The van der Waals surface area contributed by atoms with Crippen molar-refractivity contribution < 1.29 is 83.6 Å². The number of aryl methyl sites for hydroxylation is 1. The first-order valence-corrected chi connectivity index (χ1v) is 49.9. The molecule has 0 radical (unpaired) electrons. The summed E-state index contributed by atoms with van der Waals surface area (Å²) in [4.78, 5) is 101. The molecular weight excluding hydrogens is 2080 g/mol. The first-order chi connectivity index (χ1) is 65.1. The number of urea groups is 4. The molecule has 716 valence electrons. The van der Waals surface area contributed by atoms with E-state index in [2.05, 4.69) is 37.2 Å². The van der Waals surface area contributed by atoms with Crippen LogP contribution in [-0.2, 0) is 46.3 Å². The number of sulfonamides is 4. The summed E-state index contributed by atoms with van der Waals surface area (Å²) in [6, 6.07) is 41.7. The number of thiophene rings is 4. The highest BCUT2D eigenvalue weighted by atomic mass is 35.5. The number of nitrogens with one attached hydrogen (secondary N) is 12. The fourth-order valence-corrected chi connectivity index (χ4v) is 23.1. The molecule has 12 N–H and O–H groups in total. The molecule has 0 bridgehead atoms. The summed E-state index contributed by atoms with van der Waals surface area (Å²) in [5.74, 6) is -4.66. The minimum atomic E-state index is -5.14. The summed E-state index contributed by atoms with van der Waals surface area (Å²) in [5, 5.41) is 24.0. The number of anilines is 8. The Bertz CT molecular complexity index is 8090. The van der Waals surface area contributed by atoms with E-state index in [1.165, 1.54) is 89.8 Å². The van der Waals surface area contributed by atoms with Gasteiger partial charge in [0.15, 0.2) is 17.5 Å². The van der Waals surface area contributed by atoms with Gasteiger partial charge >= 0.3 is 30.3 Å².